The largest absolute Gasteiger partial charge is 0.330 e. The van der Waals surface area contributed by atoms with Gasteiger partial charge in [-0.25, -0.2) is 0 Å². The third kappa shape index (κ3) is 1.81. The number of hydrogen-bond donors (Lipinski definition) is 1. The third-order valence-electron chi connectivity index (χ3n) is 1.25. The number of rotatable bonds is 2. The van der Waals surface area contributed by atoms with Crippen molar-refractivity contribution in [3.63, 3.8) is 0 Å². The number of thiophene rings is 1. The van der Waals surface area contributed by atoms with Crippen LogP contribution in [-0.2, 0) is 6.42 Å². The van der Waals surface area contributed by atoms with Crippen molar-refractivity contribution in [2.75, 3.05) is 6.54 Å². The fraction of sp³-hybridized carbons (Fsp3) is 0.429. The van der Waals surface area contributed by atoms with Crippen molar-refractivity contribution in [3.05, 3.63) is 20.3 Å². The first-order valence-electron chi connectivity index (χ1n) is 3.19. The molecular weight excluding hydrogens is 210 g/mol. The summed E-state index contributed by atoms with van der Waals surface area (Å²) in [5.74, 6) is 0. The lowest BCUT2D eigenvalue weighted by molar-refractivity contribution is 0.984. The van der Waals surface area contributed by atoms with Gasteiger partial charge in [0.1, 0.15) is 0 Å². The number of nitrogens with two attached hydrogens (primary N) is 1. The molecule has 0 amide bonds. The quantitative estimate of drug-likeness (QED) is 0.813. The van der Waals surface area contributed by atoms with Crippen molar-refractivity contribution >= 4 is 27.3 Å². The molecular formula is C7H10BrNS. The Morgan fingerprint density at radius 2 is 2.40 bits per heavy atom. The maximum absolute atomic E-state index is 5.42. The maximum Gasteiger partial charge on any atom is 0.0317 e. The second-order valence-corrected chi connectivity index (χ2v) is 4.36. The van der Waals surface area contributed by atoms with E-state index in [1.165, 1.54) is 14.2 Å². The predicted molar refractivity (Wildman–Crippen MR) is 49.5 cm³/mol. The van der Waals surface area contributed by atoms with Crippen LogP contribution in [0.3, 0.4) is 0 Å². The van der Waals surface area contributed by atoms with Crippen LogP contribution in [0.4, 0.5) is 0 Å². The van der Waals surface area contributed by atoms with Gasteiger partial charge in [-0.05, 0) is 41.9 Å². The number of aryl methyl sites for hydroxylation is 1. The van der Waals surface area contributed by atoms with E-state index in [4.69, 9.17) is 5.73 Å². The summed E-state index contributed by atoms with van der Waals surface area (Å²) in [6.45, 7) is 2.84. The zero-order chi connectivity index (χ0) is 7.56. The average Bonchev–Trinajstić information content (AvgIpc) is 2.13. The summed E-state index contributed by atoms with van der Waals surface area (Å²) in [4.78, 5) is 2.70. The molecule has 0 atom stereocenters. The number of halogens is 1. The topological polar surface area (TPSA) is 26.0 Å². The van der Waals surface area contributed by atoms with Gasteiger partial charge in [-0.2, -0.15) is 0 Å². The molecule has 0 unspecified atom stereocenters. The monoisotopic (exact) mass is 219 g/mol. The van der Waals surface area contributed by atoms with E-state index in [-0.39, 0.29) is 0 Å². The molecule has 10 heavy (non-hydrogen) atoms. The second-order valence-electron chi connectivity index (χ2n) is 2.17. The van der Waals surface area contributed by atoms with Gasteiger partial charge in [0, 0.05) is 14.2 Å². The highest BCUT2D eigenvalue weighted by atomic mass is 79.9. The molecule has 1 aromatic heterocycles. The van der Waals surface area contributed by atoms with Crippen molar-refractivity contribution < 1.29 is 0 Å². The Balaban J connectivity index is 2.81. The Bertz CT molecular complexity index is 219. The summed E-state index contributed by atoms with van der Waals surface area (Å²) in [5, 5.41) is 0. The number of hydrogen-bond acceptors (Lipinski definition) is 2. The fourth-order valence-corrected chi connectivity index (χ4v) is 2.71. The van der Waals surface area contributed by atoms with E-state index in [1.54, 1.807) is 0 Å². The first kappa shape index (κ1) is 8.24. The van der Waals surface area contributed by atoms with Crippen LogP contribution in [0, 0.1) is 6.92 Å². The fourth-order valence-electron chi connectivity index (χ4n) is 0.833. The second kappa shape index (κ2) is 3.51. The van der Waals surface area contributed by atoms with Gasteiger partial charge < -0.3 is 5.73 Å². The predicted octanol–water partition coefficient (Wildman–Crippen LogP) is 2.32. The van der Waals surface area contributed by atoms with Gasteiger partial charge >= 0.3 is 0 Å². The minimum Gasteiger partial charge on any atom is -0.330 e. The van der Waals surface area contributed by atoms with E-state index < -0.39 is 0 Å². The van der Waals surface area contributed by atoms with Crippen LogP contribution < -0.4 is 5.73 Å². The highest BCUT2D eigenvalue weighted by Crippen LogP contribution is 2.26. The molecule has 1 aromatic rings. The molecule has 0 bridgehead atoms. The van der Waals surface area contributed by atoms with Gasteiger partial charge in [-0.1, -0.05) is 0 Å². The molecule has 0 aliphatic heterocycles. The van der Waals surface area contributed by atoms with Gasteiger partial charge in [0.25, 0.3) is 0 Å². The summed E-state index contributed by atoms with van der Waals surface area (Å²) < 4.78 is 1.21. The third-order valence-corrected chi connectivity index (χ3v) is 3.33. The summed E-state index contributed by atoms with van der Waals surface area (Å²) >= 11 is 5.28. The molecule has 1 nitrogen and oxygen atoms in total. The molecule has 0 spiro atoms. The van der Waals surface area contributed by atoms with Crippen LogP contribution >= 0.6 is 27.3 Å². The van der Waals surface area contributed by atoms with E-state index in [0.29, 0.717) is 0 Å². The lowest BCUT2D eigenvalue weighted by Gasteiger charge is -1.91. The molecule has 0 saturated carbocycles. The SMILES string of the molecule is Cc1cc(Br)c(CCN)s1. The van der Waals surface area contributed by atoms with Gasteiger partial charge in [0.15, 0.2) is 0 Å². The van der Waals surface area contributed by atoms with Gasteiger partial charge in [-0.15, -0.1) is 11.3 Å². The van der Waals surface area contributed by atoms with Gasteiger partial charge in [-0.3, -0.25) is 0 Å². The Hall–Kier alpha value is 0.140. The maximum atomic E-state index is 5.42. The summed E-state index contributed by atoms with van der Waals surface area (Å²) in [6, 6.07) is 2.13. The molecule has 3 heteroatoms. The zero-order valence-electron chi connectivity index (χ0n) is 5.86. The molecule has 0 aliphatic rings. The highest BCUT2D eigenvalue weighted by molar-refractivity contribution is 9.10. The van der Waals surface area contributed by atoms with Crippen LogP contribution in [0.5, 0.6) is 0 Å². The summed E-state index contributed by atoms with van der Waals surface area (Å²) in [5.41, 5.74) is 5.42. The van der Waals surface area contributed by atoms with Crippen LogP contribution in [0.2, 0.25) is 0 Å². The van der Waals surface area contributed by atoms with Crippen molar-refractivity contribution in [1.29, 1.82) is 0 Å². The van der Waals surface area contributed by atoms with Crippen LogP contribution in [0.1, 0.15) is 9.75 Å². The molecule has 0 aliphatic carbocycles. The van der Waals surface area contributed by atoms with E-state index in [9.17, 15) is 0 Å². The van der Waals surface area contributed by atoms with Crippen molar-refractivity contribution in [2.45, 2.75) is 13.3 Å². The average molecular weight is 220 g/mol. The van der Waals surface area contributed by atoms with E-state index >= 15 is 0 Å². The highest BCUT2D eigenvalue weighted by Gasteiger charge is 2.01. The normalized spacial score (nSPS) is 10.3. The standard InChI is InChI=1S/C7H10BrNS/c1-5-4-6(8)7(10-5)2-3-9/h4H,2-3,9H2,1H3. The summed E-state index contributed by atoms with van der Waals surface area (Å²) in [6.07, 6.45) is 0.985. The minimum atomic E-state index is 0.735. The van der Waals surface area contributed by atoms with Crippen LogP contribution in [-0.4, -0.2) is 6.54 Å². The first-order valence-corrected chi connectivity index (χ1v) is 4.80. The molecule has 0 radical (unpaired) electrons. The van der Waals surface area contributed by atoms with Crippen LogP contribution in [0.25, 0.3) is 0 Å². The lowest BCUT2D eigenvalue weighted by atomic mass is 10.3. The Morgan fingerprint density at radius 1 is 1.70 bits per heavy atom. The zero-order valence-corrected chi connectivity index (χ0v) is 8.26. The molecule has 1 heterocycles. The smallest absolute Gasteiger partial charge is 0.0317 e. The van der Waals surface area contributed by atoms with Crippen LogP contribution in [0.15, 0.2) is 10.5 Å². The van der Waals surface area contributed by atoms with Crippen molar-refractivity contribution in [1.82, 2.24) is 0 Å². The van der Waals surface area contributed by atoms with Crippen molar-refractivity contribution in [2.24, 2.45) is 5.73 Å². The van der Waals surface area contributed by atoms with E-state index in [1.807, 2.05) is 11.3 Å². The molecule has 0 saturated heterocycles. The molecule has 2 N–H and O–H groups in total. The Kier molecular flexibility index (Phi) is 2.89. The summed E-state index contributed by atoms with van der Waals surface area (Å²) in [7, 11) is 0. The van der Waals surface area contributed by atoms with Gasteiger partial charge in [0.05, 0.1) is 0 Å². The first-order chi connectivity index (χ1) is 4.74. The molecule has 1 rings (SSSR count). The van der Waals surface area contributed by atoms with E-state index in [0.717, 1.165) is 13.0 Å². The minimum absolute atomic E-state index is 0.735. The Morgan fingerprint density at radius 3 is 2.80 bits per heavy atom. The lowest BCUT2D eigenvalue weighted by Crippen LogP contribution is -2.01. The molecule has 0 fully saturated rings. The molecule has 56 valence electrons. The van der Waals surface area contributed by atoms with E-state index in [2.05, 4.69) is 28.9 Å². The molecule has 0 aromatic carbocycles. The van der Waals surface area contributed by atoms with Crippen molar-refractivity contribution in [3.8, 4) is 0 Å². The van der Waals surface area contributed by atoms with Gasteiger partial charge in [0.2, 0.25) is 0 Å². The Labute approximate surface area is 73.4 Å².